The molecule has 9 nitrogen and oxygen atoms in total. The van der Waals surface area contributed by atoms with Crippen molar-refractivity contribution < 1.29 is 27.2 Å². The van der Waals surface area contributed by atoms with Crippen LogP contribution in [0.4, 0.5) is 23.2 Å². The maximum Gasteiger partial charge on any atom is 0.416 e. The van der Waals surface area contributed by atoms with Gasteiger partial charge in [0.05, 0.1) is 38.8 Å². The third kappa shape index (κ3) is 9.82. The lowest BCUT2D eigenvalue weighted by Gasteiger charge is -2.20. The molecule has 1 aromatic heterocycles. The zero-order valence-electron chi connectivity index (χ0n) is 23.4. The van der Waals surface area contributed by atoms with E-state index in [4.69, 9.17) is 23.2 Å². The van der Waals surface area contributed by atoms with Gasteiger partial charge in [-0.05, 0) is 81.7 Å². The largest absolute Gasteiger partial charge is 0.416 e. The molecule has 0 spiro atoms. The molecule has 0 radical (unpaired) electrons. The third-order valence-electron chi connectivity index (χ3n) is 5.60. The maximum atomic E-state index is 15.0. The number of aromatic nitrogens is 4. The number of nitrogens with one attached hydrogen (secondary N) is 2. The van der Waals surface area contributed by atoms with Crippen LogP contribution in [0.1, 0.15) is 37.8 Å². The standard InChI is InChI=1S/C27H27Cl2F4N7O2S/c1-26(2,35-21(41)6-5-13-39(3)4)12-11-16-7-10-19(23(29)24(16)30)34-22(42)15-43-25-36-37-38-40(25)20-14-17(27(31,32)33)8-9-18(20)28/h7-10,14H,5-6,13,15H2,1-4H3,(H,34,42)(H,35,41). The van der Waals surface area contributed by atoms with Crippen LogP contribution in [-0.2, 0) is 15.8 Å². The van der Waals surface area contributed by atoms with Crippen molar-refractivity contribution in [1.82, 2.24) is 30.4 Å². The lowest BCUT2D eigenvalue weighted by Crippen LogP contribution is -2.42. The van der Waals surface area contributed by atoms with Crippen molar-refractivity contribution in [3.05, 3.63) is 57.3 Å². The Morgan fingerprint density at radius 1 is 1.12 bits per heavy atom. The summed E-state index contributed by atoms with van der Waals surface area (Å²) in [5, 5.41) is 15.7. The minimum atomic E-state index is -4.62. The van der Waals surface area contributed by atoms with Crippen molar-refractivity contribution in [2.75, 3.05) is 31.7 Å². The summed E-state index contributed by atoms with van der Waals surface area (Å²) in [5.41, 5.74) is -2.08. The molecule has 2 aromatic carbocycles. The van der Waals surface area contributed by atoms with Gasteiger partial charge in [-0.2, -0.15) is 17.9 Å². The van der Waals surface area contributed by atoms with E-state index in [1.165, 1.54) is 12.1 Å². The van der Waals surface area contributed by atoms with Crippen LogP contribution in [-0.4, -0.2) is 68.9 Å². The summed E-state index contributed by atoms with van der Waals surface area (Å²) < 4.78 is 55.5. The Morgan fingerprint density at radius 3 is 2.51 bits per heavy atom. The minimum Gasteiger partial charge on any atom is -0.340 e. The Labute approximate surface area is 259 Å². The molecule has 0 aliphatic rings. The van der Waals surface area contributed by atoms with Gasteiger partial charge in [-0.1, -0.05) is 46.8 Å². The predicted octanol–water partition coefficient (Wildman–Crippen LogP) is 5.45. The predicted molar refractivity (Wildman–Crippen MR) is 157 cm³/mol. The van der Waals surface area contributed by atoms with E-state index in [2.05, 4.69) is 38.0 Å². The van der Waals surface area contributed by atoms with Crippen LogP contribution >= 0.6 is 35.0 Å². The van der Waals surface area contributed by atoms with Gasteiger partial charge >= 0.3 is 6.18 Å². The number of amides is 2. The number of alkyl halides is 3. The quantitative estimate of drug-likeness (QED) is 0.170. The van der Waals surface area contributed by atoms with E-state index >= 15 is 0 Å². The second kappa shape index (κ2) is 14.4. The van der Waals surface area contributed by atoms with Crippen LogP contribution in [0.5, 0.6) is 0 Å². The van der Waals surface area contributed by atoms with Crippen molar-refractivity contribution in [1.29, 1.82) is 0 Å². The van der Waals surface area contributed by atoms with Crippen molar-refractivity contribution >= 4 is 52.5 Å². The normalized spacial score (nSPS) is 11.7. The Balaban J connectivity index is 1.65. The number of carbonyl (C=O) groups excluding carboxylic acids is 2. The number of benzene rings is 2. The zero-order chi connectivity index (χ0) is 31.9. The highest BCUT2D eigenvalue weighted by atomic mass is 35.5. The SMILES string of the molecule is CN(C)CCCC(=O)NC(C)(C)C#Cc1ccc(NC(=O)CSc2nnnn2-c2cc(C(F)(F)F)ccc2Cl)c(Cl)c1F. The summed E-state index contributed by atoms with van der Waals surface area (Å²) in [6.45, 7) is 4.14. The summed E-state index contributed by atoms with van der Waals surface area (Å²) in [6, 6.07) is 5.39. The van der Waals surface area contributed by atoms with E-state index in [-0.39, 0.29) is 43.8 Å². The summed E-state index contributed by atoms with van der Waals surface area (Å²) in [7, 11) is 3.83. The van der Waals surface area contributed by atoms with Crippen molar-refractivity contribution in [2.24, 2.45) is 0 Å². The molecule has 0 saturated heterocycles. The number of nitrogens with zero attached hydrogens (tertiary/aromatic N) is 5. The monoisotopic (exact) mass is 659 g/mol. The van der Waals surface area contributed by atoms with Gasteiger partial charge in [-0.25, -0.2) is 4.39 Å². The third-order valence-corrected chi connectivity index (χ3v) is 7.21. The first kappa shape index (κ1) is 34.1. The van der Waals surface area contributed by atoms with Crippen LogP contribution < -0.4 is 10.6 Å². The average molecular weight is 661 g/mol. The number of rotatable bonds is 10. The molecule has 16 heteroatoms. The lowest BCUT2D eigenvalue weighted by atomic mass is 10.0. The maximum absolute atomic E-state index is 15.0. The van der Waals surface area contributed by atoms with Crippen molar-refractivity contribution in [2.45, 2.75) is 43.6 Å². The van der Waals surface area contributed by atoms with Crippen molar-refractivity contribution in [3.63, 3.8) is 0 Å². The summed E-state index contributed by atoms with van der Waals surface area (Å²) in [6.07, 6.45) is -3.61. The Bertz CT molecular complexity index is 1550. The minimum absolute atomic E-state index is 0.00770. The van der Waals surface area contributed by atoms with Gasteiger partial charge in [0.25, 0.3) is 0 Å². The molecule has 43 heavy (non-hydrogen) atoms. The second-order valence-corrected chi connectivity index (χ2v) is 11.7. The Kier molecular flexibility index (Phi) is 11.4. The van der Waals surface area contributed by atoms with Crippen LogP contribution in [0.3, 0.4) is 0 Å². The fourth-order valence-corrected chi connectivity index (χ4v) is 4.65. The molecule has 2 N–H and O–H groups in total. The van der Waals surface area contributed by atoms with Crippen LogP contribution in [0.25, 0.3) is 5.69 Å². The summed E-state index contributed by atoms with van der Waals surface area (Å²) >= 11 is 13.0. The van der Waals surface area contributed by atoms with Gasteiger partial charge in [0.15, 0.2) is 5.82 Å². The Hall–Kier alpha value is -3.38. The van der Waals surface area contributed by atoms with E-state index < -0.39 is 29.0 Å². The fraction of sp³-hybridized carbons (Fsp3) is 0.370. The molecule has 0 atom stereocenters. The van der Waals surface area contributed by atoms with E-state index in [9.17, 15) is 27.2 Å². The zero-order valence-corrected chi connectivity index (χ0v) is 25.8. The molecule has 0 bridgehead atoms. The van der Waals surface area contributed by atoms with Gasteiger partial charge in [0.2, 0.25) is 17.0 Å². The van der Waals surface area contributed by atoms with Gasteiger partial charge in [-0.15, -0.1) is 5.10 Å². The van der Waals surface area contributed by atoms with Crippen LogP contribution in [0.2, 0.25) is 10.0 Å². The van der Waals surface area contributed by atoms with E-state index in [1.807, 2.05) is 19.0 Å². The van der Waals surface area contributed by atoms with Gasteiger partial charge in [0.1, 0.15) is 5.02 Å². The first-order chi connectivity index (χ1) is 20.1. The molecule has 3 aromatic rings. The highest BCUT2D eigenvalue weighted by Crippen LogP contribution is 2.34. The molecule has 1 heterocycles. The second-order valence-electron chi connectivity index (χ2n) is 9.99. The molecule has 0 fully saturated rings. The van der Waals surface area contributed by atoms with Crippen molar-refractivity contribution in [3.8, 4) is 17.5 Å². The van der Waals surface area contributed by atoms with Gasteiger partial charge in [0, 0.05) is 6.42 Å². The van der Waals surface area contributed by atoms with E-state index in [0.717, 1.165) is 41.2 Å². The number of halogens is 6. The number of hydrogen-bond acceptors (Lipinski definition) is 7. The molecule has 0 aliphatic heterocycles. The van der Waals surface area contributed by atoms with Crippen LogP contribution in [0.15, 0.2) is 35.5 Å². The molecular weight excluding hydrogens is 633 g/mol. The number of hydrogen-bond donors (Lipinski definition) is 2. The first-order valence-electron chi connectivity index (χ1n) is 12.6. The highest BCUT2D eigenvalue weighted by Gasteiger charge is 2.31. The molecular formula is C27H27Cl2F4N7O2S. The smallest absolute Gasteiger partial charge is 0.340 e. The molecule has 3 rings (SSSR count). The number of anilines is 1. The molecule has 0 unspecified atom stereocenters. The number of thioether (sulfide) groups is 1. The molecule has 230 valence electrons. The van der Waals surface area contributed by atoms with Gasteiger partial charge < -0.3 is 15.5 Å². The topological polar surface area (TPSA) is 105 Å². The van der Waals surface area contributed by atoms with Gasteiger partial charge in [-0.3, -0.25) is 9.59 Å². The van der Waals surface area contributed by atoms with E-state index in [0.29, 0.717) is 12.8 Å². The summed E-state index contributed by atoms with van der Waals surface area (Å²) in [5.74, 6) is 3.56. The first-order valence-corrected chi connectivity index (χ1v) is 14.4. The highest BCUT2D eigenvalue weighted by molar-refractivity contribution is 7.99. The average Bonchev–Trinajstić information content (AvgIpc) is 3.37. The lowest BCUT2D eigenvalue weighted by molar-refractivity contribution is -0.137. The molecule has 2 amide bonds. The van der Waals surface area contributed by atoms with Crippen LogP contribution in [0, 0.1) is 17.7 Å². The Morgan fingerprint density at radius 2 is 1.84 bits per heavy atom. The molecule has 0 saturated carbocycles. The fourth-order valence-electron chi connectivity index (χ4n) is 3.55. The number of tetrazole rings is 1. The molecule has 0 aliphatic carbocycles. The van der Waals surface area contributed by atoms with E-state index in [1.54, 1.807) is 13.8 Å². The number of carbonyl (C=O) groups is 2. The summed E-state index contributed by atoms with van der Waals surface area (Å²) in [4.78, 5) is 26.8.